The molecule has 0 aliphatic heterocycles. The van der Waals surface area contributed by atoms with Crippen LogP contribution in [0.2, 0.25) is 0 Å². The van der Waals surface area contributed by atoms with Crippen molar-refractivity contribution >= 4 is 5.97 Å². The van der Waals surface area contributed by atoms with Crippen LogP contribution in [0.3, 0.4) is 0 Å². The second-order valence-electron chi connectivity index (χ2n) is 3.28. The Hall–Kier alpha value is -2.71. The number of H-pyrrole nitrogens is 2. The van der Waals surface area contributed by atoms with Crippen LogP contribution in [-0.4, -0.2) is 25.8 Å². The predicted octanol–water partition coefficient (Wildman–Crippen LogP) is -0.170. The molecule has 0 bridgehead atoms. The van der Waals surface area contributed by atoms with Gasteiger partial charge in [0.15, 0.2) is 11.6 Å². The number of hydrogen-bond acceptors (Lipinski definition) is 3. The van der Waals surface area contributed by atoms with E-state index in [1.165, 1.54) is 0 Å². The Labute approximate surface area is 96.3 Å². The zero-order valence-electron chi connectivity index (χ0n) is 8.53. The maximum atomic E-state index is 13.1. The van der Waals surface area contributed by atoms with Crippen molar-refractivity contribution in [3.8, 4) is 5.69 Å². The van der Waals surface area contributed by atoms with Gasteiger partial charge in [0.05, 0.1) is 11.3 Å². The SMILES string of the molecule is O=C(O)c1cc(F)c(F)cc1-n1c(=O)[nH][nH]c1=O. The molecule has 0 amide bonds. The minimum Gasteiger partial charge on any atom is -0.478 e. The van der Waals surface area contributed by atoms with Crippen LogP contribution in [0.4, 0.5) is 8.78 Å². The quantitative estimate of drug-likeness (QED) is 0.694. The topological polar surface area (TPSA) is 108 Å². The average molecular weight is 257 g/mol. The van der Waals surface area contributed by atoms with E-state index in [9.17, 15) is 23.2 Å². The summed E-state index contributed by atoms with van der Waals surface area (Å²) in [7, 11) is 0. The zero-order chi connectivity index (χ0) is 13.4. The number of aromatic nitrogens is 3. The van der Waals surface area contributed by atoms with Crippen molar-refractivity contribution in [3.05, 3.63) is 50.3 Å². The standard InChI is InChI=1S/C9H5F2N3O4/c10-4-1-3(7(15)16)6(2-5(4)11)14-8(17)12-13-9(14)18/h1-2H,(H,12,17)(H,13,18)(H,15,16). The summed E-state index contributed by atoms with van der Waals surface area (Å²) in [5.41, 5.74) is -3.25. The van der Waals surface area contributed by atoms with E-state index < -0.39 is 40.2 Å². The van der Waals surface area contributed by atoms with Gasteiger partial charge in [0.2, 0.25) is 0 Å². The highest BCUT2D eigenvalue weighted by Crippen LogP contribution is 2.17. The van der Waals surface area contributed by atoms with E-state index in [-0.39, 0.29) is 0 Å². The van der Waals surface area contributed by atoms with E-state index in [4.69, 9.17) is 5.11 Å². The van der Waals surface area contributed by atoms with Crippen molar-refractivity contribution < 1.29 is 18.7 Å². The number of nitrogens with zero attached hydrogens (tertiary/aromatic N) is 1. The molecule has 18 heavy (non-hydrogen) atoms. The van der Waals surface area contributed by atoms with Gasteiger partial charge in [0, 0.05) is 6.07 Å². The van der Waals surface area contributed by atoms with E-state index in [1.54, 1.807) is 0 Å². The van der Waals surface area contributed by atoms with Crippen LogP contribution in [0.25, 0.3) is 5.69 Å². The average Bonchev–Trinajstić information content (AvgIpc) is 2.62. The molecule has 0 aliphatic rings. The van der Waals surface area contributed by atoms with Gasteiger partial charge in [0.1, 0.15) is 0 Å². The number of benzene rings is 1. The van der Waals surface area contributed by atoms with Crippen LogP contribution in [-0.2, 0) is 0 Å². The molecule has 1 aromatic carbocycles. The Kier molecular flexibility index (Phi) is 2.58. The van der Waals surface area contributed by atoms with Crippen LogP contribution in [0.1, 0.15) is 10.4 Å². The number of aromatic carboxylic acids is 1. The summed E-state index contributed by atoms with van der Waals surface area (Å²) in [5.74, 6) is -4.37. The number of aromatic amines is 2. The Morgan fingerprint density at radius 2 is 1.61 bits per heavy atom. The van der Waals surface area contributed by atoms with Crippen molar-refractivity contribution in [2.24, 2.45) is 0 Å². The number of carboxylic acids is 1. The second kappa shape index (κ2) is 3.95. The number of hydrogen-bond donors (Lipinski definition) is 3. The third-order valence-electron chi connectivity index (χ3n) is 2.19. The lowest BCUT2D eigenvalue weighted by Crippen LogP contribution is -2.26. The largest absolute Gasteiger partial charge is 0.478 e. The predicted molar refractivity (Wildman–Crippen MR) is 53.9 cm³/mol. The summed E-state index contributed by atoms with van der Waals surface area (Å²) < 4.78 is 26.4. The molecule has 0 spiro atoms. The van der Waals surface area contributed by atoms with Crippen molar-refractivity contribution in [1.29, 1.82) is 0 Å². The minimum atomic E-state index is -1.60. The highest BCUT2D eigenvalue weighted by molar-refractivity contribution is 5.91. The Bertz CT molecular complexity index is 716. The molecule has 9 heteroatoms. The molecule has 7 nitrogen and oxygen atoms in total. The van der Waals surface area contributed by atoms with Gasteiger partial charge in [-0.25, -0.2) is 37.9 Å². The maximum absolute atomic E-state index is 13.1. The normalized spacial score (nSPS) is 10.6. The fourth-order valence-corrected chi connectivity index (χ4v) is 1.42. The van der Waals surface area contributed by atoms with Crippen LogP contribution >= 0.6 is 0 Å². The number of rotatable bonds is 2. The van der Waals surface area contributed by atoms with Gasteiger partial charge < -0.3 is 5.11 Å². The smallest absolute Gasteiger partial charge is 0.349 e. The first-order valence-electron chi connectivity index (χ1n) is 4.54. The molecule has 0 atom stereocenters. The van der Waals surface area contributed by atoms with Gasteiger partial charge in [-0.2, -0.15) is 0 Å². The second-order valence-corrected chi connectivity index (χ2v) is 3.28. The molecule has 0 aliphatic carbocycles. The first-order chi connectivity index (χ1) is 8.41. The molecular formula is C9H5F2N3O4. The zero-order valence-corrected chi connectivity index (χ0v) is 8.53. The molecule has 0 fully saturated rings. The van der Waals surface area contributed by atoms with Crippen LogP contribution < -0.4 is 11.4 Å². The number of carboxylic acid groups (broad SMARTS) is 1. The van der Waals surface area contributed by atoms with Crippen molar-refractivity contribution in [2.75, 3.05) is 0 Å². The molecule has 0 saturated heterocycles. The third-order valence-corrected chi connectivity index (χ3v) is 2.19. The van der Waals surface area contributed by atoms with Gasteiger partial charge in [-0.05, 0) is 6.07 Å². The summed E-state index contributed by atoms with van der Waals surface area (Å²) in [6.07, 6.45) is 0. The Balaban J connectivity index is 2.87. The minimum absolute atomic E-state index is 0.353. The van der Waals surface area contributed by atoms with E-state index >= 15 is 0 Å². The lowest BCUT2D eigenvalue weighted by atomic mass is 10.1. The molecule has 2 rings (SSSR count). The molecule has 1 aromatic heterocycles. The summed E-state index contributed by atoms with van der Waals surface area (Å²) >= 11 is 0. The lowest BCUT2D eigenvalue weighted by molar-refractivity contribution is 0.0696. The highest BCUT2D eigenvalue weighted by Gasteiger charge is 2.19. The van der Waals surface area contributed by atoms with Crippen molar-refractivity contribution in [2.45, 2.75) is 0 Å². The monoisotopic (exact) mass is 257 g/mol. The summed E-state index contributed by atoms with van der Waals surface area (Å²) in [6.45, 7) is 0. The van der Waals surface area contributed by atoms with E-state index in [1.807, 2.05) is 10.2 Å². The molecule has 94 valence electrons. The van der Waals surface area contributed by atoms with Gasteiger partial charge >= 0.3 is 17.3 Å². The summed E-state index contributed by atoms with van der Waals surface area (Å²) in [4.78, 5) is 33.4. The molecule has 0 unspecified atom stereocenters. The number of halogens is 2. The Morgan fingerprint density at radius 1 is 1.11 bits per heavy atom. The van der Waals surface area contributed by atoms with Gasteiger partial charge in [-0.1, -0.05) is 0 Å². The van der Waals surface area contributed by atoms with Crippen LogP contribution in [0.15, 0.2) is 21.7 Å². The van der Waals surface area contributed by atoms with E-state index in [0.29, 0.717) is 16.7 Å². The van der Waals surface area contributed by atoms with Crippen LogP contribution in [0, 0.1) is 11.6 Å². The summed E-state index contributed by atoms with van der Waals surface area (Å²) in [5, 5.41) is 12.6. The highest BCUT2D eigenvalue weighted by atomic mass is 19.2. The fraction of sp³-hybridized carbons (Fsp3) is 0. The fourth-order valence-electron chi connectivity index (χ4n) is 1.42. The van der Waals surface area contributed by atoms with E-state index in [0.717, 1.165) is 0 Å². The van der Waals surface area contributed by atoms with Gasteiger partial charge in [-0.3, -0.25) is 0 Å². The maximum Gasteiger partial charge on any atom is 0.349 e. The molecule has 0 saturated carbocycles. The summed E-state index contributed by atoms with van der Waals surface area (Å²) in [6, 6.07) is 0.856. The molecule has 1 heterocycles. The first-order valence-corrected chi connectivity index (χ1v) is 4.54. The third kappa shape index (κ3) is 1.71. The van der Waals surface area contributed by atoms with Gasteiger partial charge in [0.25, 0.3) is 0 Å². The number of carbonyl (C=O) groups is 1. The van der Waals surface area contributed by atoms with Gasteiger partial charge in [-0.15, -0.1) is 0 Å². The number of nitrogens with one attached hydrogen (secondary N) is 2. The van der Waals surface area contributed by atoms with Crippen molar-refractivity contribution in [1.82, 2.24) is 14.8 Å². The lowest BCUT2D eigenvalue weighted by Gasteiger charge is -2.05. The van der Waals surface area contributed by atoms with Crippen molar-refractivity contribution in [3.63, 3.8) is 0 Å². The molecule has 2 aromatic rings. The van der Waals surface area contributed by atoms with E-state index in [2.05, 4.69) is 0 Å². The molecule has 3 N–H and O–H groups in total. The molecular weight excluding hydrogens is 252 g/mol. The Morgan fingerprint density at radius 3 is 2.11 bits per heavy atom. The first kappa shape index (κ1) is 11.8. The molecule has 0 radical (unpaired) electrons. The van der Waals surface area contributed by atoms with Crippen LogP contribution in [0.5, 0.6) is 0 Å².